The average Bonchev–Trinajstić information content (AvgIpc) is 2.71. The second-order valence-electron chi connectivity index (χ2n) is 5.48. The third-order valence-electron chi connectivity index (χ3n) is 4.14. The first-order valence-corrected chi connectivity index (χ1v) is 7.61. The molecule has 0 atom stereocenters. The number of nitrogens with zero attached hydrogens (tertiary/aromatic N) is 1. The monoisotopic (exact) mass is 270 g/mol. The van der Waals surface area contributed by atoms with Gasteiger partial charge in [0.25, 0.3) is 0 Å². The molecule has 0 saturated carbocycles. The van der Waals surface area contributed by atoms with Crippen LogP contribution in [-0.4, -0.2) is 11.1 Å². The summed E-state index contributed by atoms with van der Waals surface area (Å²) >= 11 is 0. The fourth-order valence-electron chi connectivity index (χ4n) is 2.71. The summed E-state index contributed by atoms with van der Waals surface area (Å²) in [6.45, 7) is 11.8. The van der Waals surface area contributed by atoms with Crippen LogP contribution < -0.4 is 5.32 Å². The van der Waals surface area contributed by atoms with Gasteiger partial charge >= 0.3 is 0 Å². The summed E-state index contributed by atoms with van der Waals surface area (Å²) in [5, 5.41) is 4.77. The van der Waals surface area contributed by atoms with Crippen LogP contribution in [0.3, 0.4) is 0 Å². The lowest BCUT2D eigenvalue weighted by Crippen LogP contribution is -2.13. The molecule has 2 aromatic rings. The van der Waals surface area contributed by atoms with Crippen LogP contribution in [0.1, 0.15) is 43.5 Å². The zero-order chi connectivity index (χ0) is 14.7. The third kappa shape index (κ3) is 2.60. The number of benzene rings is 1. The number of hydrogen-bond donors (Lipinski definition) is 1. The normalized spacial score (nSPS) is 11.0. The molecule has 0 fully saturated rings. The van der Waals surface area contributed by atoms with Crippen molar-refractivity contribution in [2.45, 2.75) is 40.0 Å². The van der Waals surface area contributed by atoms with Crippen molar-refractivity contribution in [3.8, 4) is 0 Å². The molecule has 1 N–H and O–H groups in total. The summed E-state index contributed by atoms with van der Waals surface area (Å²) < 4.78 is 2.27. The minimum atomic E-state index is 0.998. The van der Waals surface area contributed by atoms with E-state index in [9.17, 15) is 0 Å². The lowest BCUT2D eigenvalue weighted by Gasteiger charge is -2.10. The summed E-state index contributed by atoms with van der Waals surface area (Å²) in [5.41, 5.74) is 6.28. The highest BCUT2D eigenvalue weighted by Gasteiger charge is 2.14. The van der Waals surface area contributed by atoms with Crippen molar-refractivity contribution in [1.29, 1.82) is 0 Å². The van der Waals surface area contributed by atoms with Gasteiger partial charge in [-0.05, 0) is 31.4 Å². The number of aromatic nitrogens is 1. The quantitative estimate of drug-likeness (QED) is 0.769. The van der Waals surface area contributed by atoms with Crippen molar-refractivity contribution in [1.82, 2.24) is 9.88 Å². The smallest absolute Gasteiger partial charge is 0.0489 e. The van der Waals surface area contributed by atoms with Crippen molar-refractivity contribution < 1.29 is 0 Å². The minimum Gasteiger partial charge on any atom is -0.385 e. The lowest BCUT2D eigenvalue weighted by atomic mass is 10.1. The SMILES string of the molecule is C=C(NCCCC)c1c(C)n(C)c2cc(CC)ccc12. The van der Waals surface area contributed by atoms with E-state index in [4.69, 9.17) is 0 Å². The van der Waals surface area contributed by atoms with Crippen molar-refractivity contribution >= 4 is 16.6 Å². The molecule has 20 heavy (non-hydrogen) atoms. The molecule has 0 spiro atoms. The van der Waals surface area contributed by atoms with Crippen LogP contribution in [0.5, 0.6) is 0 Å². The summed E-state index contributed by atoms with van der Waals surface area (Å²) in [4.78, 5) is 0. The topological polar surface area (TPSA) is 17.0 Å². The average molecular weight is 270 g/mol. The van der Waals surface area contributed by atoms with Crippen molar-refractivity contribution in [2.24, 2.45) is 7.05 Å². The van der Waals surface area contributed by atoms with E-state index in [2.05, 4.69) is 62.5 Å². The minimum absolute atomic E-state index is 0.998. The maximum absolute atomic E-state index is 4.24. The van der Waals surface area contributed by atoms with E-state index in [1.54, 1.807) is 0 Å². The second-order valence-corrected chi connectivity index (χ2v) is 5.48. The van der Waals surface area contributed by atoms with E-state index in [0.29, 0.717) is 0 Å². The van der Waals surface area contributed by atoms with Crippen molar-refractivity contribution in [2.75, 3.05) is 6.54 Å². The first-order chi connectivity index (χ1) is 9.60. The van der Waals surface area contributed by atoms with Gasteiger partial charge in [0, 0.05) is 41.4 Å². The molecule has 2 heteroatoms. The Hall–Kier alpha value is -1.70. The maximum atomic E-state index is 4.24. The predicted molar refractivity (Wildman–Crippen MR) is 89.0 cm³/mol. The third-order valence-corrected chi connectivity index (χ3v) is 4.14. The Kier molecular flexibility index (Phi) is 4.53. The highest BCUT2D eigenvalue weighted by atomic mass is 15.0. The number of unbranched alkanes of at least 4 members (excludes halogenated alkanes) is 1. The van der Waals surface area contributed by atoms with Crippen molar-refractivity contribution in [3.63, 3.8) is 0 Å². The van der Waals surface area contributed by atoms with Gasteiger partial charge in [-0.3, -0.25) is 0 Å². The van der Waals surface area contributed by atoms with E-state index in [1.807, 2.05) is 0 Å². The fourth-order valence-corrected chi connectivity index (χ4v) is 2.71. The molecular formula is C18H26N2. The van der Waals surface area contributed by atoms with Crippen LogP contribution >= 0.6 is 0 Å². The van der Waals surface area contributed by atoms with Crippen molar-refractivity contribution in [3.05, 3.63) is 41.6 Å². The van der Waals surface area contributed by atoms with Crippen LogP contribution in [0.25, 0.3) is 16.6 Å². The molecule has 0 aliphatic carbocycles. The summed E-state index contributed by atoms with van der Waals surface area (Å²) in [6, 6.07) is 6.76. The molecule has 108 valence electrons. The Bertz CT molecular complexity index is 620. The molecular weight excluding hydrogens is 244 g/mol. The standard InChI is InChI=1S/C18H26N2/c1-6-8-11-19-13(3)18-14(4)20(5)17-12-15(7-2)9-10-16(17)18/h9-10,12,19H,3,6-8,11H2,1-2,4-5H3. The predicted octanol–water partition coefficient (Wildman–Crippen LogP) is 4.41. The van der Waals surface area contributed by atoms with E-state index >= 15 is 0 Å². The molecule has 0 aliphatic rings. The molecule has 0 unspecified atom stereocenters. The Balaban J connectivity index is 2.43. The van der Waals surface area contributed by atoms with Gasteiger partial charge in [0.2, 0.25) is 0 Å². The molecule has 2 nitrogen and oxygen atoms in total. The van der Waals surface area contributed by atoms with Gasteiger partial charge < -0.3 is 9.88 Å². The Morgan fingerprint density at radius 3 is 2.70 bits per heavy atom. The highest BCUT2D eigenvalue weighted by molar-refractivity contribution is 5.94. The largest absolute Gasteiger partial charge is 0.385 e. The van der Waals surface area contributed by atoms with Crippen LogP contribution in [0.15, 0.2) is 24.8 Å². The van der Waals surface area contributed by atoms with E-state index in [1.165, 1.54) is 40.6 Å². The number of aryl methyl sites for hydroxylation is 2. The Morgan fingerprint density at radius 1 is 1.30 bits per heavy atom. The molecule has 0 saturated heterocycles. The Morgan fingerprint density at radius 2 is 2.05 bits per heavy atom. The van der Waals surface area contributed by atoms with E-state index < -0.39 is 0 Å². The number of fused-ring (bicyclic) bond motifs is 1. The molecule has 1 aromatic carbocycles. The first kappa shape index (κ1) is 14.7. The Labute approximate surface area is 122 Å². The summed E-state index contributed by atoms with van der Waals surface area (Å²) in [5.74, 6) is 0. The van der Waals surface area contributed by atoms with Crippen LogP contribution in [0, 0.1) is 6.92 Å². The van der Waals surface area contributed by atoms with Crippen LogP contribution in [-0.2, 0) is 13.5 Å². The van der Waals surface area contributed by atoms with Gasteiger partial charge in [-0.2, -0.15) is 0 Å². The van der Waals surface area contributed by atoms with Gasteiger partial charge in [0.15, 0.2) is 0 Å². The number of nitrogens with one attached hydrogen (secondary N) is 1. The van der Waals surface area contributed by atoms with Gasteiger partial charge in [0.05, 0.1) is 0 Å². The molecule has 0 bridgehead atoms. The van der Waals surface area contributed by atoms with Gasteiger partial charge in [-0.1, -0.05) is 39.0 Å². The zero-order valence-corrected chi connectivity index (χ0v) is 13.2. The number of hydrogen-bond acceptors (Lipinski definition) is 1. The zero-order valence-electron chi connectivity index (χ0n) is 13.2. The first-order valence-electron chi connectivity index (χ1n) is 7.61. The van der Waals surface area contributed by atoms with E-state index in [-0.39, 0.29) is 0 Å². The van der Waals surface area contributed by atoms with Gasteiger partial charge in [-0.25, -0.2) is 0 Å². The summed E-state index contributed by atoms with van der Waals surface area (Å²) in [7, 11) is 2.14. The number of rotatable bonds is 6. The lowest BCUT2D eigenvalue weighted by molar-refractivity contribution is 0.744. The van der Waals surface area contributed by atoms with Crippen LogP contribution in [0.4, 0.5) is 0 Å². The highest BCUT2D eigenvalue weighted by Crippen LogP contribution is 2.29. The fraction of sp³-hybridized carbons (Fsp3) is 0.444. The molecule has 1 aromatic heterocycles. The van der Waals surface area contributed by atoms with E-state index in [0.717, 1.165) is 18.7 Å². The molecule has 0 amide bonds. The maximum Gasteiger partial charge on any atom is 0.0489 e. The van der Waals surface area contributed by atoms with Crippen LogP contribution in [0.2, 0.25) is 0 Å². The molecule has 2 rings (SSSR count). The molecule has 1 heterocycles. The summed E-state index contributed by atoms with van der Waals surface area (Å²) in [6.07, 6.45) is 3.46. The molecule has 0 aliphatic heterocycles. The molecule has 0 radical (unpaired) electrons. The van der Waals surface area contributed by atoms with Gasteiger partial charge in [0.1, 0.15) is 0 Å². The van der Waals surface area contributed by atoms with Gasteiger partial charge in [-0.15, -0.1) is 0 Å². The second kappa shape index (κ2) is 6.17.